The molecule has 0 amide bonds. The van der Waals surface area contributed by atoms with Gasteiger partial charge in [0.15, 0.2) is 0 Å². The number of anilines is 1. The quantitative estimate of drug-likeness (QED) is 0.840. The zero-order chi connectivity index (χ0) is 13.9. The van der Waals surface area contributed by atoms with Crippen LogP contribution in [0.4, 0.5) is 5.69 Å². The number of nitrogens with zero attached hydrogens (tertiary/aromatic N) is 1. The molecule has 19 heavy (non-hydrogen) atoms. The summed E-state index contributed by atoms with van der Waals surface area (Å²) in [5.74, 6) is 0.456. The van der Waals surface area contributed by atoms with Crippen molar-refractivity contribution in [1.82, 2.24) is 5.32 Å². The molecule has 106 valence electrons. The van der Waals surface area contributed by atoms with Crippen LogP contribution in [0.5, 0.6) is 0 Å². The maximum atomic E-state index is 12.1. The summed E-state index contributed by atoms with van der Waals surface area (Å²) in [6.07, 6.45) is 1.09. The number of nitrogens with one attached hydrogen (secondary N) is 1. The van der Waals surface area contributed by atoms with Crippen molar-refractivity contribution in [2.75, 3.05) is 23.1 Å². The molecule has 1 aliphatic rings. The lowest BCUT2D eigenvalue weighted by atomic mass is 10.1. The first-order valence-corrected chi connectivity index (χ1v) is 8.44. The normalized spacial score (nSPS) is 21.8. The van der Waals surface area contributed by atoms with Crippen LogP contribution in [-0.2, 0) is 16.6 Å². The lowest BCUT2D eigenvalue weighted by Crippen LogP contribution is -2.25. The number of benzene rings is 1. The number of hydrogen-bond donors (Lipinski definition) is 1. The van der Waals surface area contributed by atoms with Crippen molar-refractivity contribution in [1.29, 1.82) is 0 Å². The molecule has 1 heterocycles. The Bertz CT molecular complexity index is 528. The van der Waals surface area contributed by atoms with E-state index in [1.165, 1.54) is 0 Å². The van der Waals surface area contributed by atoms with Gasteiger partial charge in [0.05, 0.1) is 11.4 Å². The highest BCUT2D eigenvalue weighted by Crippen LogP contribution is 2.27. The summed E-state index contributed by atoms with van der Waals surface area (Å²) in [7, 11) is -3.12. The average Bonchev–Trinajstić information content (AvgIpc) is 2.63. The number of rotatable bonds is 5. The maximum Gasteiger partial charge on any atom is 0.235 e. The van der Waals surface area contributed by atoms with Crippen molar-refractivity contribution < 1.29 is 8.42 Å². The van der Waals surface area contributed by atoms with E-state index >= 15 is 0 Å². The molecule has 1 aromatic rings. The highest BCUT2D eigenvalue weighted by Gasteiger charge is 2.33. The van der Waals surface area contributed by atoms with Crippen molar-refractivity contribution in [2.24, 2.45) is 5.92 Å². The number of hydrogen-bond acceptors (Lipinski definition) is 3. The van der Waals surface area contributed by atoms with Crippen molar-refractivity contribution in [3.63, 3.8) is 0 Å². The number of sulfonamides is 1. The molecular weight excluding hydrogens is 260 g/mol. The average molecular weight is 282 g/mol. The van der Waals surface area contributed by atoms with Crippen LogP contribution >= 0.6 is 0 Å². The Morgan fingerprint density at radius 3 is 2.84 bits per heavy atom. The Morgan fingerprint density at radius 1 is 1.42 bits per heavy atom. The zero-order valence-corrected chi connectivity index (χ0v) is 12.4. The smallest absolute Gasteiger partial charge is 0.235 e. The van der Waals surface area contributed by atoms with E-state index in [1.807, 2.05) is 31.2 Å². The first-order chi connectivity index (χ1) is 9.03. The highest BCUT2D eigenvalue weighted by molar-refractivity contribution is 7.93. The SMILES string of the molecule is CCCNCc1cccc(N2CC(C)CS2(=O)=O)c1. The van der Waals surface area contributed by atoms with Crippen LogP contribution in [0.1, 0.15) is 25.8 Å². The summed E-state index contributed by atoms with van der Waals surface area (Å²) < 4.78 is 25.7. The van der Waals surface area contributed by atoms with Crippen LogP contribution in [0.3, 0.4) is 0 Å². The standard InChI is InChI=1S/C14H22N2O2S/c1-3-7-15-9-13-5-4-6-14(8-13)16-10-12(2)11-19(16,17)18/h4-6,8,12,15H,3,7,9-11H2,1-2H3. The van der Waals surface area contributed by atoms with Crippen LogP contribution < -0.4 is 9.62 Å². The molecule has 0 aromatic heterocycles. The Hall–Kier alpha value is -1.07. The third-order valence-corrected chi connectivity index (χ3v) is 5.28. The highest BCUT2D eigenvalue weighted by atomic mass is 32.2. The molecule has 1 N–H and O–H groups in total. The van der Waals surface area contributed by atoms with E-state index in [2.05, 4.69) is 12.2 Å². The minimum Gasteiger partial charge on any atom is -0.313 e. The van der Waals surface area contributed by atoms with Gasteiger partial charge in [0.25, 0.3) is 0 Å². The minimum atomic E-state index is -3.12. The lowest BCUT2D eigenvalue weighted by molar-refractivity contribution is 0.598. The van der Waals surface area contributed by atoms with Crippen molar-refractivity contribution in [3.8, 4) is 0 Å². The van der Waals surface area contributed by atoms with Crippen LogP contribution in [-0.4, -0.2) is 27.3 Å². The van der Waals surface area contributed by atoms with Gasteiger partial charge in [-0.3, -0.25) is 4.31 Å². The first-order valence-electron chi connectivity index (χ1n) is 6.83. The van der Waals surface area contributed by atoms with E-state index in [1.54, 1.807) is 4.31 Å². The van der Waals surface area contributed by atoms with Gasteiger partial charge in [0, 0.05) is 13.1 Å². The molecule has 0 spiro atoms. The summed E-state index contributed by atoms with van der Waals surface area (Å²) in [6.45, 7) is 6.45. The fourth-order valence-corrected chi connectivity index (χ4v) is 4.32. The molecule has 1 saturated heterocycles. The largest absolute Gasteiger partial charge is 0.313 e. The molecule has 1 aliphatic heterocycles. The third-order valence-electron chi connectivity index (χ3n) is 3.26. The molecule has 1 unspecified atom stereocenters. The molecule has 2 rings (SSSR count). The van der Waals surface area contributed by atoms with E-state index < -0.39 is 10.0 Å². The van der Waals surface area contributed by atoms with Gasteiger partial charge in [-0.15, -0.1) is 0 Å². The summed E-state index contributed by atoms with van der Waals surface area (Å²) >= 11 is 0. The predicted octanol–water partition coefficient (Wildman–Crippen LogP) is 1.97. The van der Waals surface area contributed by atoms with E-state index in [-0.39, 0.29) is 11.7 Å². The Labute approximate surface area is 115 Å². The van der Waals surface area contributed by atoms with E-state index in [0.29, 0.717) is 6.54 Å². The fourth-order valence-electron chi connectivity index (χ4n) is 2.40. The lowest BCUT2D eigenvalue weighted by Gasteiger charge is -2.18. The molecule has 1 atom stereocenters. The van der Waals surface area contributed by atoms with Gasteiger partial charge in [-0.1, -0.05) is 26.0 Å². The second-order valence-electron chi connectivity index (χ2n) is 5.26. The van der Waals surface area contributed by atoms with Crippen molar-refractivity contribution in [3.05, 3.63) is 29.8 Å². The fraction of sp³-hybridized carbons (Fsp3) is 0.571. The van der Waals surface area contributed by atoms with E-state index in [0.717, 1.165) is 30.8 Å². The predicted molar refractivity (Wildman–Crippen MR) is 78.7 cm³/mol. The topological polar surface area (TPSA) is 49.4 Å². The van der Waals surface area contributed by atoms with E-state index in [4.69, 9.17) is 0 Å². The second kappa shape index (κ2) is 5.92. The van der Waals surface area contributed by atoms with Crippen molar-refractivity contribution >= 4 is 15.7 Å². The summed E-state index contributed by atoms with van der Waals surface area (Å²) in [6, 6.07) is 7.80. The van der Waals surface area contributed by atoms with Gasteiger partial charge < -0.3 is 5.32 Å². The zero-order valence-electron chi connectivity index (χ0n) is 11.6. The van der Waals surface area contributed by atoms with Gasteiger partial charge in [0.1, 0.15) is 0 Å². The molecule has 0 saturated carbocycles. The molecule has 1 aromatic carbocycles. The molecule has 0 radical (unpaired) electrons. The van der Waals surface area contributed by atoms with Crippen molar-refractivity contribution in [2.45, 2.75) is 26.8 Å². The summed E-state index contributed by atoms with van der Waals surface area (Å²) in [4.78, 5) is 0. The maximum absolute atomic E-state index is 12.1. The summed E-state index contributed by atoms with van der Waals surface area (Å²) in [5.41, 5.74) is 1.92. The molecular formula is C14H22N2O2S. The first kappa shape index (κ1) is 14.3. The van der Waals surface area contributed by atoms with Gasteiger partial charge in [-0.25, -0.2) is 8.42 Å². The molecule has 0 aliphatic carbocycles. The van der Waals surface area contributed by atoms with E-state index in [9.17, 15) is 8.42 Å². The second-order valence-corrected chi connectivity index (χ2v) is 7.20. The van der Waals surface area contributed by atoms with Gasteiger partial charge in [0.2, 0.25) is 10.0 Å². The molecule has 5 heteroatoms. The minimum absolute atomic E-state index is 0.201. The molecule has 4 nitrogen and oxygen atoms in total. The van der Waals surface area contributed by atoms with Crippen LogP contribution in [0, 0.1) is 5.92 Å². The van der Waals surface area contributed by atoms with Crippen LogP contribution in [0.2, 0.25) is 0 Å². The van der Waals surface area contributed by atoms with Crippen LogP contribution in [0.15, 0.2) is 24.3 Å². The Kier molecular flexibility index (Phi) is 4.47. The summed E-state index contributed by atoms with van der Waals surface area (Å²) in [5, 5.41) is 3.33. The Balaban J connectivity index is 2.15. The molecule has 0 bridgehead atoms. The van der Waals surface area contributed by atoms with Gasteiger partial charge in [-0.2, -0.15) is 0 Å². The Morgan fingerprint density at radius 2 is 2.21 bits per heavy atom. The van der Waals surface area contributed by atoms with Crippen LogP contribution in [0.25, 0.3) is 0 Å². The van der Waals surface area contributed by atoms with Gasteiger partial charge in [-0.05, 0) is 36.6 Å². The van der Waals surface area contributed by atoms with Gasteiger partial charge >= 0.3 is 0 Å². The third kappa shape index (κ3) is 3.48. The monoisotopic (exact) mass is 282 g/mol. The molecule has 1 fully saturated rings.